The molecule has 6 rings (SSSR count). The molecule has 6 nitrogen and oxygen atoms in total. The minimum atomic E-state index is 0.584. The lowest BCUT2D eigenvalue weighted by atomic mass is 9.71. The number of hydrogen-bond donors (Lipinski definition) is 1. The predicted molar refractivity (Wildman–Crippen MR) is 136 cm³/mol. The van der Waals surface area contributed by atoms with Crippen molar-refractivity contribution in [1.82, 2.24) is 24.9 Å². The Morgan fingerprint density at radius 2 is 1.97 bits per heavy atom. The number of anilines is 1. The average Bonchev–Trinajstić information content (AvgIpc) is 3.52. The van der Waals surface area contributed by atoms with Crippen molar-refractivity contribution in [3.63, 3.8) is 0 Å². The lowest BCUT2D eigenvalue weighted by Gasteiger charge is -2.39. The third kappa shape index (κ3) is 4.30. The van der Waals surface area contributed by atoms with Gasteiger partial charge in [-0.1, -0.05) is 18.6 Å². The van der Waals surface area contributed by atoms with Gasteiger partial charge in [-0.3, -0.25) is 4.68 Å². The highest BCUT2D eigenvalue weighted by atomic mass is 15.3. The molecule has 1 aliphatic heterocycles. The molecular weight excluding hydrogens is 420 g/mol. The van der Waals surface area contributed by atoms with Crippen LogP contribution in [0.2, 0.25) is 0 Å². The summed E-state index contributed by atoms with van der Waals surface area (Å²) in [6.45, 7) is 9.56. The second-order valence-electron chi connectivity index (χ2n) is 12.1. The summed E-state index contributed by atoms with van der Waals surface area (Å²) in [5, 5.41) is 16.7. The van der Waals surface area contributed by atoms with Crippen LogP contribution in [0.15, 0.2) is 30.0 Å². The zero-order valence-corrected chi connectivity index (χ0v) is 21.1. The molecule has 3 fully saturated rings. The molecule has 2 bridgehead atoms. The molecule has 2 saturated carbocycles. The van der Waals surface area contributed by atoms with Crippen LogP contribution >= 0.6 is 0 Å². The summed E-state index contributed by atoms with van der Waals surface area (Å²) in [4.78, 5) is 2.85. The van der Waals surface area contributed by atoms with Gasteiger partial charge in [0.1, 0.15) is 11.5 Å². The standard InChI is InChI=1S/C28H40N6/c1-19-10-22-6-8-28(13-19,14-22)18-34-16-23-11-21(12-24(23)17-34)7-9-29-26-5-4-25(31-32-26)27-20(2)15-30-33(27)3/h4-6,15,19,21,23-24H,7-14,16-18H2,1-3H3,(H,29,32)/t19?,21?,23-,24+,28?. The molecule has 0 spiro atoms. The lowest BCUT2D eigenvalue weighted by molar-refractivity contribution is 0.126. The summed E-state index contributed by atoms with van der Waals surface area (Å²) in [5.41, 5.74) is 5.38. The predicted octanol–water partition coefficient (Wildman–Crippen LogP) is 5.08. The number of aryl methyl sites for hydroxylation is 2. The quantitative estimate of drug-likeness (QED) is 0.584. The molecule has 0 aromatic carbocycles. The fourth-order valence-corrected chi connectivity index (χ4v) is 7.98. The Morgan fingerprint density at radius 3 is 2.68 bits per heavy atom. The van der Waals surface area contributed by atoms with Crippen LogP contribution < -0.4 is 5.32 Å². The van der Waals surface area contributed by atoms with E-state index in [1.807, 2.05) is 30.1 Å². The molecule has 1 N–H and O–H groups in total. The van der Waals surface area contributed by atoms with Gasteiger partial charge in [-0.2, -0.15) is 5.10 Å². The van der Waals surface area contributed by atoms with Gasteiger partial charge in [-0.15, -0.1) is 10.2 Å². The molecule has 0 amide bonds. The first-order valence-electron chi connectivity index (χ1n) is 13.4. The van der Waals surface area contributed by atoms with E-state index in [-0.39, 0.29) is 0 Å². The maximum atomic E-state index is 4.43. The van der Waals surface area contributed by atoms with E-state index in [1.165, 1.54) is 64.6 Å². The molecule has 2 aromatic heterocycles. The van der Waals surface area contributed by atoms with Crippen molar-refractivity contribution in [3.05, 3.63) is 35.5 Å². The number of likely N-dealkylation sites (tertiary alicyclic amines) is 1. The monoisotopic (exact) mass is 460 g/mol. The molecule has 5 atom stereocenters. The normalized spacial score (nSPS) is 32.7. The highest BCUT2D eigenvalue weighted by Gasteiger charge is 2.45. The average molecular weight is 461 g/mol. The Labute approximate surface area is 204 Å². The molecule has 34 heavy (non-hydrogen) atoms. The third-order valence-corrected chi connectivity index (χ3v) is 9.19. The number of rotatable bonds is 7. The molecule has 182 valence electrons. The van der Waals surface area contributed by atoms with Gasteiger partial charge < -0.3 is 10.2 Å². The van der Waals surface area contributed by atoms with Crippen molar-refractivity contribution in [2.45, 2.75) is 58.8 Å². The Balaban J connectivity index is 0.953. The van der Waals surface area contributed by atoms with Crippen LogP contribution in [0.4, 0.5) is 5.82 Å². The largest absolute Gasteiger partial charge is 0.369 e. The minimum Gasteiger partial charge on any atom is -0.369 e. The van der Waals surface area contributed by atoms with Crippen LogP contribution in [0.3, 0.4) is 0 Å². The maximum Gasteiger partial charge on any atom is 0.148 e. The van der Waals surface area contributed by atoms with Gasteiger partial charge >= 0.3 is 0 Å². The van der Waals surface area contributed by atoms with Crippen molar-refractivity contribution in [3.8, 4) is 11.4 Å². The van der Waals surface area contributed by atoms with Crippen LogP contribution in [-0.2, 0) is 7.05 Å². The van der Waals surface area contributed by atoms with Gasteiger partial charge in [0.15, 0.2) is 0 Å². The summed E-state index contributed by atoms with van der Waals surface area (Å²) < 4.78 is 1.86. The van der Waals surface area contributed by atoms with Gasteiger partial charge in [0.05, 0.1) is 11.9 Å². The fourth-order valence-electron chi connectivity index (χ4n) is 7.98. The minimum absolute atomic E-state index is 0.584. The Kier molecular flexibility index (Phi) is 5.75. The Bertz CT molecular complexity index is 1020. The summed E-state index contributed by atoms with van der Waals surface area (Å²) in [6, 6.07) is 4.09. The van der Waals surface area contributed by atoms with E-state index in [0.29, 0.717) is 5.41 Å². The van der Waals surface area contributed by atoms with Crippen molar-refractivity contribution in [2.75, 3.05) is 31.5 Å². The van der Waals surface area contributed by atoms with Crippen molar-refractivity contribution >= 4 is 5.82 Å². The zero-order valence-electron chi connectivity index (χ0n) is 21.1. The molecule has 3 heterocycles. The topological polar surface area (TPSA) is 58.9 Å². The van der Waals surface area contributed by atoms with E-state index < -0.39 is 0 Å². The molecule has 6 heteroatoms. The van der Waals surface area contributed by atoms with E-state index in [0.717, 1.165) is 53.0 Å². The van der Waals surface area contributed by atoms with Gasteiger partial charge in [0, 0.05) is 33.2 Å². The van der Waals surface area contributed by atoms with Gasteiger partial charge in [0.25, 0.3) is 0 Å². The first kappa shape index (κ1) is 22.3. The molecule has 1 saturated heterocycles. The van der Waals surface area contributed by atoms with E-state index in [2.05, 4.69) is 45.4 Å². The van der Waals surface area contributed by atoms with Crippen LogP contribution in [0.5, 0.6) is 0 Å². The second-order valence-corrected chi connectivity index (χ2v) is 12.1. The lowest BCUT2D eigenvalue weighted by Crippen LogP contribution is -2.38. The van der Waals surface area contributed by atoms with E-state index in [4.69, 9.17) is 0 Å². The number of hydrogen-bond acceptors (Lipinski definition) is 5. The molecule has 4 aliphatic rings. The fraction of sp³-hybridized carbons (Fsp3) is 0.679. The summed E-state index contributed by atoms with van der Waals surface area (Å²) >= 11 is 0. The molecular formula is C28H40N6. The van der Waals surface area contributed by atoms with Gasteiger partial charge in [0.2, 0.25) is 0 Å². The van der Waals surface area contributed by atoms with Crippen molar-refractivity contribution in [1.29, 1.82) is 0 Å². The Morgan fingerprint density at radius 1 is 1.15 bits per heavy atom. The van der Waals surface area contributed by atoms with Crippen molar-refractivity contribution < 1.29 is 0 Å². The molecule has 0 radical (unpaired) electrons. The van der Waals surface area contributed by atoms with Gasteiger partial charge in [-0.25, -0.2) is 0 Å². The SMILES string of the molecule is Cc1cnn(C)c1-c1ccc(NCCC2C[C@@H]3CN(CC45CC=C(CC(C)C4)C5)C[C@@H]3C2)nn1. The second kappa shape index (κ2) is 8.78. The highest BCUT2D eigenvalue weighted by Crippen LogP contribution is 2.51. The highest BCUT2D eigenvalue weighted by molar-refractivity contribution is 5.59. The van der Waals surface area contributed by atoms with Crippen LogP contribution in [0, 0.1) is 36.0 Å². The van der Waals surface area contributed by atoms with Crippen LogP contribution in [0.25, 0.3) is 11.4 Å². The third-order valence-electron chi connectivity index (χ3n) is 9.19. The summed E-state index contributed by atoms with van der Waals surface area (Å²) in [7, 11) is 1.95. The summed E-state index contributed by atoms with van der Waals surface area (Å²) in [6.07, 6.45) is 14.1. The van der Waals surface area contributed by atoms with Crippen molar-refractivity contribution in [2.24, 2.45) is 36.1 Å². The van der Waals surface area contributed by atoms with E-state index in [9.17, 15) is 0 Å². The summed E-state index contributed by atoms with van der Waals surface area (Å²) in [5.74, 6) is 4.48. The van der Waals surface area contributed by atoms with Crippen LogP contribution in [-0.4, -0.2) is 51.1 Å². The molecule has 3 unspecified atom stereocenters. The van der Waals surface area contributed by atoms with E-state index >= 15 is 0 Å². The number of allylic oxidation sites excluding steroid dienone is 2. The molecule has 2 aromatic rings. The number of fused-ring (bicyclic) bond motifs is 3. The van der Waals surface area contributed by atoms with Gasteiger partial charge in [-0.05, 0) is 98.7 Å². The molecule has 3 aliphatic carbocycles. The van der Waals surface area contributed by atoms with E-state index in [1.54, 1.807) is 5.57 Å². The number of nitrogens with one attached hydrogen (secondary N) is 1. The Hall–Kier alpha value is -2.21. The van der Waals surface area contributed by atoms with Crippen LogP contribution in [0.1, 0.15) is 57.4 Å². The number of aromatic nitrogens is 4. The number of nitrogens with zero attached hydrogens (tertiary/aromatic N) is 5. The first-order valence-corrected chi connectivity index (χ1v) is 13.4. The smallest absolute Gasteiger partial charge is 0.148 e. The zero-order chi connectivity index (χ0) is 23.3. The first-order chi connectivity index (χ1) is 16.5. The maximum absolute atomic E-state index is 4.43.